The monoisotopic (exact) mass is 476 g/mol. The Bertz CT molecular complexity index is 1020. The summed E-state index contributed by atoms with van der Waals surface area (Å²) in [6.45, 7) is 1.14. The molecular formula is C21H21FN4O2S3. The molecule has 10 heteroatoms. The van der Waals surface area contributed by atoms with Crippen molar-refractivity contribution < 1.29 is 14.0 Å². The number of anilines is 1. The van der Waals surface area contributed by atoms with Crippen molar-refractivity contribution in [2.24, 2.45) is 0 Å². The second-order valence-corrected chi connectivity index (χ2v) is 10.5. The quantitative estimate of drug-likeness (QED) is 0.498. The molecule has 1 unspecified atom stereocenters. The summed E-state index contributed by atoms with van der Waals surface area (Å²) in [5.41, 5.74) is 0.313. The molecule has 2 aromatic heterocycles. The minimum atomic E-state index is -0.414. The van der Waals surface area contributed by atoms with Crippen LogP contribution < -0.4 is 5.32 Å². The summed E-state index contributed by atoms with van der Waals surface area (Å²) < 4.78 is 13.9. The van der Waals surface area contributed by atoms with Crippen molar-refractivity contribution in [2.45, 2.75) is 35.3 Å². The van der Waals surface area contributed by atoms with E-state index in [9.17, 15) is 14.0 Å². The van der Waals surface area contributed by atoms with Gasteiger partial charge in [0.1, 0.15) is 5.82 Å². The number of amides is 2. The molecule has 3 heterocycles. The highest BCUT2D eigenvalue weighted by Crippen LogP contribution is 2.33. The van der Waals surface area contributed by atoms with E-state index in [2.05, 4.69) is 27.0 Å². The van der Waals surface area contributed by atoms with E-state index in [4.69, 9.17) is 0 Å². The molecule has 31 heavy (non-hydrogen) atoms. The van der Waals surface area contributed by atoms with Crippen LogP contribution in [0.25, 0.3) is 0 Å². The van der Waals surface area contributed by atoms with Gasteiger partial charge in [0.15, 0.2) is 4.34 Å². The van der Waals surface area contributed by atoms with Gasteiger partial charge < -0.3 is 5.32 Å². The third-order valence-corrected chi connectivity index (χ3v) is 8.01. The number of nitrogens with one attached hydrogen (secondary N) is 1. The van der Waals surface area contributed by atoms with E-state index in [1.807, 2.05) is 6.07 Å². The highest BCUT2D eigenvalue weighted by atomic mass is 32.2. The minimum absolute atomic E-state index is 0.223. The second-order valence-electron chi connectivity index (χ2n) is 7.03. The number of carbonyl (C=O) groups excluding carboxylic acids is 2. The lowest BCUT2D eigenvalue weighted by molar-refractivity contribution is -0.127. The Labute approximate surface area is 191 Å². The summed E-state index contributed by atoms with van der Waals surface area (Å²) in [6, 6.07) is 9.43. The summed E-state index contributed by atoms with van der Waals surface area (Å²) in [4.78, 5) is 28.5. The van der Waals surface area contributed by atoms with Crippen molar-refractivity contribution in [3.63, 3.8) is 0 Å². The molecule has 0 spiro atoms. The van der Waals surface area contributed by atoms with Crippen LogP contribution in [0.4, 0.5) is 9.52 Å². The molecule has 6 nitrogen and oxygen atoms in total. The SMILES string of the molecule is O=C(c1ccc(F)cc1)N1CCCCC(Sc2nnc(NCCc3cccs3)s2)C1=O. The van der Waals surface area contributed by atoms with Gasteiger partial charge in [0.25, 0.3) is 5.91 Å². The predicted molar refractivity (Wildman–Crippen MR) is 122 cm³/mol. The first-order valence-corrected chi connectivity index (χ1v) is 12.6. The van der Waals surface area contributed by atoms with Gasteiger partial charge in [0.2, 0.25) is 11.0 Å². The zero-order chi connectivity index (χ0) is 21.6. The molecule has 1 aliphatic rings. The Morgan fingerprint density at radius 3 is 2.84 bits per heavy atom. The Kier molecular flexibility index (Phi) is 7.31. The van der Waals surface area contributed by atoms with Gasteiger partial charge in [-0.3, -0.25) is 14.5 Å². The molecule has 3 aromatic rings. The third kappa shape index (κ3) is 5.69. The molecule has 0 bridgehead atoms. The number of nitrogens with zero attached hydrogens (tertiary/aromatic N) is 3. The van der Waals surface area contributed by atoms with E-state index in [1.54, 1.807) is 11.3 Å². The summed E-state index contributed by atoms with van der Waals surface area (Å²) in [5, 5.41) is 14.0. The number of imide groups is 1. The fourth-order valence-electron chi connectivity index (χ4n) is 3.26. The number of likely N-dealkylation sites (tertiary alicyclic amines) is 1. The summed E-state index contributed by atoms with van der Waals surface area (Å²) in [7, 11) is 0. The lowest BCUT2D eigenvalue weighted by atomic mass is 10.2. The smallest absolute Gasteiger partial charge is 0.260 e. The normalized spacial score (nSPS) is 16.9. The van der Waals surface area contributed by atoms with Crippen LogP contribution >= 0.6 is 34.4 Å². The number of hydrogen-bond donors (Lipinski definition) is 1. The average molecular weight is 477 g/mol. The lowest BCUT2D eigenvalue weighted by Crippen LogP contribution is -2.41. The van der Waals surface area contributed by atoms with Crippen LogP contribution in [0.1, 0.15) is 34.5 Å². The van der Waals surface area contributed by atoms with Gasteiger partial charge in [0.05, 0.1) is 5.25 Å². The molecule has 1 N–H and O–H groups in total. The highest BCUT2D eigenvalue weighted by molar-refractivity contribution is 8.02. The van der Waals surface area contributed by atoms with Crippen molar-refractivity contribution in [3.8, 4) is 0 Å². The average Bonchev–Trinajstić information content (AvgIpc) is 3.41. The summed E-state index contributed by atoms with van der Waals surface area (Å²) >= 11 is 4.50. The Morgan fingerprint density at radius 2 is 2.06 bits per heavy atom. The van der Waals surface area contributed by atoms with Gasteiger partial charge in [0, 0.05) is 23.5 Å². The number of thiophene rings is 1. The summed E-state index contributed by atoms with van der Waals surface area (Å²) in [6.07, 6.45) is 3.20. The van der Waals surface area contributed by atoms with Crippen LogP contribution in [0.2, 0.25) is 0 Å². The number of carbonyl (C=O) groups is 2. The molecule has 0 radical (unpaired) electrons. The van der Waals surface area contributed by atoms with Gasteiger partial charge in [-0.15, -0.1) is 21.5 Å². The van der Waals surface area contributed by atoms with Gasteiger partial charge >= 0.3 is 0 Å². The molecule has 0 saturated carbocycles. The predicted octanol–water partition coefficient (Wildman–Crippen LogP) is 4.71. The van der Waals surface area contributed by atoms with E-state index >= 15 is 0 Å². The first-order valence-electron chi connectivity index (χ1n) is 9.98. The van der Waals surface area contributed by atoms with Crippen molar-refractivity contribution in [1.29, 1.82) is 0 Å². The van der Waals surface area contributed by atoms with Gasteiger partial charge in [-0.2, -0.15) is 0 Å². The maximum Gasteiger partial charge on any atom is 0.260 e. The number of benzene rings is 1. The fourth-order valence-corrected chi connectivity index (χ4v) is 6.10. The Morgan fingerprint density at radius 1 is 1.23 bits per heavy atom. The molecule has 1 saturated heterocycles. The molecule has 0 aliphatic carbocycles. The molecule has 162 valence electrons. The van der Waals surface area contributed by atoms with E-state index < -0.39 is 5.82 Å². The Balaban J connectivity index is 1.37. The largest absolute Gasteiger partial charge is 0.360 e. The number of hydrogen-bond acceptors (Lipinski definition) is 8. The van der Waals surface area contributed by atoms with Gasteiger partial charge in [-0.1, -0.05) is 35.6 Å². The van der Waals surface area contributed by atoms with E-state index in [0.717, 1.165) is 30.9 Å². The van der Waals surface area contributed by atoms with Crippen molar-refractivity contribution in [3.05, 3.63) is 58.0 Å². The standard InChI is InChI=1S/C21H21FN4O2S3/c22-15-8-6-14(7-9-15)18(27)26-12-2-1-5-17(19(26)28)30-21-25-24-20(31-21)23-11-10-16-4-3-13-29-16/h3-4,6-9,13,17H,1-2,5,10-12H2,(H,23,24). The molecule has 1 atom stereocenters. The minimum Gasteiger partial charge on any atom is -0.360 e. The van der Waals surface area contributed by atoms with Crippen molar-refractivity contribution in [1.82, 2.24) is 15.1 Å². The molecule has 1 aromatic carbocycles. The van der Waals surface area contributed by atoms with Crippen LogP contribution in [0, 0.1) is 5.82 Å². The van der Waals surface area contributed by atoms with Gasteiger partial charge in [-0.25, -0.2) is 4.39 Å². The molecule has 2 amide bonds. The molecular weight excluding hydrogens is 455 g/mol. The molecule has 1 aliphatic heterocycles. The number of thioether (sulfide) groups is 1. The maximum atomic E-state index is 13.2. The van der Waals surface area contributed by atoms with E-state index in [0.29, 0.717) is 22.9 Å². The van der Waals surface area contributed by atoms with E-state index in [1.165, 1.54) is 57.1 Å². The zero-order valence-corrected chi connectivity index (χ0v) is 19.1. The van der Waals surface area contributed by atoms with Crippen LogP contribution in [-0.4, -0.2) is 45.3 Å². The van der Waals surface area contributed by atoms with E-state index in [-0.39, 0.29) is 17.1 Å². The first kappa shape index (κ1) is 21.9. The highest BCUT2D eigenvalue weighted by Gasteiger charge is 2.33. The molecule has 1 fully saturated rings. The number of halogens is 1. The van der Waals surface area contributed by atoms with Crippen molar-refractivity contribution in [2.75, 3.05) is 18.4 Å². The van der Waals surface area contributed by atoms with Crippen LogP contribution in [0.5, 0.6) is 0 Å². The molecule has 4 rings (SSSR count). The first-order chi connectivity index (χ1) is 15.1. The summed E-state index contributed by atoms with van der Waals surface area (Å²) in [5.74, 6) is -1.02. The number of aromatic nitrogens is 2. The van der Waals surface area contributed by atoms with Gasteiger partial charge in [-0.05, 0) is 55.0 Å². The fraction of sp³-hybridized carbons (Fsp3) is 0.333. The van der Waals surface area contributed by atoms with Crippen molar-refractivity contribution >= 4 is 51.4 Å². The zero-order valence-electron chi connectivity index (χ0n) is 16.6. The Hall–Kier alpha value is -2.30. The second kappa shape index (κ2) is 10.3. The van der Waals surface area contributed by atoms with Crippen LogP contribution in [-0.2, 0) is 11.2 Å². The van der Waals surface area contributed by atoms with Crippen LogP contribution in [0.15, 0.2) is 46.1 Å². The maximum absolute atomic E-state index is 13.2. The lowest BCUT2D eigenvalue weighted by Gasteiger charge is -2.22. The van der Waals surface area contributed by atoms with Crippen LogP contribution in [0.3, 0.4) is 0 Å². The topological polar surface area (TPSA) is 75.2 Å². The third-order valence-electron chi connectivity index (χ3n) is 4.85. The number of rotatable bonds is 7.